The molecule has 0 bridgehead atoms. The first kappa shape index (κ1) is 20.5. The van der Waals surface area contributed by atoms with Crippen LogP contribution in [0.4, 0.5) is 9.39 Å². The number of furan rings is 1. The van der Waals surface area contributed by atoms with Crippen molar-refractivity contribution in [3.05, 3.63) is 75.7 Å². The van der Waals surface area contributed by atoms with E-state index in [0.29, 0.717) is 28.4 Å². The van der Waals surface area contributed by atoms with E-state index in [-0.39, 0.29) is 11.7 Å². The van der Waals surface area contributed by atoms with Gasteiger partial charge in [-0.3, -0.25) is 4.79 Å². The van der Waals surface area contributed by atoms with Gasteiger partial charge in [-0.1, -0.05) is 12.1 Å². The highest BCUT2D eigenvalue weighted by Gasteiger charge is 2.28. The Balaban J connectivity index is 1.52. The van der Waals surface area contributed by atoms with E-state index in [1.807, 2.05) is 0 Å². The average molecular weight is 453 g/mol. The quantitative estimate of drug-likeness (QED) is 0.412. The fourth-order valence-corrected chi connectivity index (χ4v) is 5.56. The fourth-order valence-electron chi connectivity index (χ4n) is 4.29. The van der Waals surface area contributed by atoms with E-state index in [2.05, 4.69) is 5.32 Å². The maximum absolute atomic E-state index is 13.7. The molecule has 4 aromatic rings. The number of nitrogens with one attached hydrogen (secondary N) is 1. The zero-order valence-electron chi connectivity index (χ0n) is 17.4. The highest BCUT2D eigenvalue weighted by Crippen LogP contribution is 2.39. The summed E-state index contributed by atoms with van der Waals surface area (Å²) in [5.74, 6) is -1.14. The minimum absolute atomic E-state index is 0.300. The van der Waals surface area contributed by atoms with Crippen molar-refractivity contribution in [1.82, 2.24) is 4.57 Å². The number of ether oxygens (including phenoxy) is 1. The Morgan fingerprint density at radius 2 is 2.06 bits per heavy atom. The topological polar surface area (TPSA) is 73.5 Å². The van der Waals surface area contributed by atoms with Crippen molar-refractivity contribution in [3.63, 3.8) is 0 Å². The number of hydrogen-bond acceptors (Lipinski definition) is 5. The van der Waals surface area contributed by atoms with E-state index in [1.165, 1.54) is 30.6 Å². The second-order valence-electron chi connectivity index (χ2n) is 7.78. The number of carbonyl (C=O) groups excluding carboxylic acids is 2. The van der Waals surface area contributed by atoms with Crippen molar-refractivity contribution in [3.8, 4) is 0 Å². The van der Waals surface area contributed by atoms with Crippen molar-refractivity contribution >= 4 is 39.3 Å². The van der Waals surface area contributed by atoms with Gasteiger partial charge in [-0.25, -0.2) is 9.18 Å². The summed E-state index contributed by atoms with van der Waals surface area (Å²) in [7, 11) is 1.35. The van der Waals surface area contributed by atoms with Crippen LogP contribution in [0, 0.1) is 5.82 Å². The minimum Gasteiger partial charge on any atom is -0.465 e. The molecule has 164 valence electrons. The third-order valence-corrected chi connectivity index (χ3v) is 6.98. The van der Waals surface area contributed by atoms with Crippen LogP contribution in [0.15, 0.2) is 47.1 Å². The first-order valence-electron chi connectivity index (χ1n) is 10.4. The molecule has 0 radical (unpaired) electrons. The Hall–Kier alpha value is -3.39. The van der Waals surface area contributed by atoms with Crippen molar-refractivity contribution in [1.29, 1.82) is 0 Å². The van der Waals surface area contributed by atoms with E-state index < -0.39 is 5.97 Å². The van der Waals surface area contributed by atoms with Gasteiger partial charge in [0.15, 0.2) is 5.58 Å². The molecule has 0 spiro atoms. The van der Waals surface area contributed by atoms with Crippen molar-refractivity contribution < 1.29 is 23.1 Å². The number of amides is 1. The molecule has 8 heteroatoms. The molecule has 1 N–H and O–H groups in total. The molecule has 0 saturated carbocycles. The smallest absolute Gasteiger partial charge is 0.341 e. The van der Waals surface area contributed by atoms with Gasteiger partial charge in [0.2, 0.25) is 0 Å². The number of anilines is 1. The van der Waals surface area contributed by atoms with Gasteiger partial charge < -0.3 is 19.0 Å². The molecule has 5 rings (SSSR count). The molecule has 1 aromatic carbocycles. The zero-order valence-corrected chi connectivity index (χ0v) is 18.3. The lowest BCUT2D eigenvalue weighted by molar-refractivity contribution is 0.0601. The molecule has 3 heterocycles. The van der Waals surface area contributed by atoms with Gasteiger partial charge in [0.25, 0.3) is 5.91 Å². The van der Waals surface area contributed by atoms with E-state index >= 15 is 0 Å². The summed E-state index contributed by atoms with van der Waals surface area (Å²) in [6.07, 6.45) is 5.32. The fraction of sp³-hybridized carbons (Fsp3) is 0.250. The maximum atomic E-state index is 13.7. The summed E-state index contributed by atoms with van der Waals surface area (Å²) in [5.41, 5.74) is 3.81. The van der Waals surface area contributed by atoms with Gasteiger partial charge in [0.05, 0.1) is 24.5 Å². The number of nitrogens with zero attached hydrogens (tertiary/aromatic N) is 1. The summed E-state index contributed by atoms with van der Waals surface area (Å²) in [5, 5.41) is 3.43. The van der Waals surface area contributed by atoms with E-state index in [1.54, 1.807) is 35.1 Å². The third-order valence-electron chi connectivity index (χ3n) is 5.77. The number of halogens is 1. The van der Waals surface area contributed by atoms with Crippen molar-refractivity contribution in [2.24, 2.45) is 0 Å². The van der Waals surface area contributed by atoms with Gasteiger partial charge in [-0.2, -0.15) is 0 Å². The van der Waals surface area contributed by atoms with E-state index in [9.17, 15) is 14.0 Å². The number of methoxy groups -OCH3 is 1. The molecular formula is C24H21FN2O4S. The number of carbonyl (C=O) groups is 2. The molecular weight excluding hydrogens is 431 g/mol. The zero-order chi connectivity index (χ0) is 22.2. The molecule has 3 aromatic heterocycles. The summed E-state index contributed by atoms with van der Waals surface area (Å²) in [4.78, 5) is 27.0. The number of thiophene rings is 1. The third kappa shape index (κ3) is 3.60. The molecule has 0 atom stereocenters. The van der Waals surface area contributed by atoms with Crippen molar-refractivity contribution in [2.75, 3.05) is 12.4 Å². The number of fused-ring (bicyclic) bond motifs is 2. The second kappa shape index (κ2) is 8.27. The molecule has 1 amide bonds. The Kier molecular flexibility index (Phi) is 5.30. The Morgan fingerprint density at radius 1 is 1.22 bits per heavy atom. The number of aryl methyl sites for hydroxylation is 1. The first-order valence-corrected chi connectivity index (χ1v) is 11.2. The molecule has 6 nitrogen and oxygen atoms in total. The normalized spacial score (nSPS) is 13.2. The number of benzene rings is 1. The predicted molar refractivity (Wildman–Crippen MR) is 120 cm³/mol. The lowest BCUT2D eigenvalue weighted by atomic mass is 9.95. The van der Waals surface area contributed by atoms with Crippen LogP contribution >= 0.6 is 11.3 Å². The molecule has 0 aliphatic heterocycles. The van der Waals surface area contributed by atoms with Crippen LogP contribution in [0.25, 0.3) is 11.1 Å². The highest BCUT2D eigenvalue weighted by atomic mass is 32.1. The number of hydrogen-bond donors (Lipinski definition) is 1. The molecule has 0 fully saturated rings. The monoisotopic (exact) mass is 452 g/mol. The van der Waals surface area contributed by atoms with Crippen LogP contribution in [0.2, 0.25) is 0 Å². The molecule has 1 aliphatic carbocycles. The summed E-state index contributed by atoms with van der Waals surface area (Å²) >= 11 is 1.43. The van der Waals surface area contributed by atoms with E-state index in [0.717, 1.165) is 47.2 Å². The lowest BCUT2D eigenvalue weighted by Gasteiger charge is -2.12. The highest BCUT2D eigenvalue weighted by molar-refractivity contribution is 7.17. The predicted octanol–water partition coefficient (Wildman–Crippen LogP) is 5.40. The lowest BCUT2D eigenvalue weighted by Crippen LogP contribution is -2.19. The second-order valence-corrected chi connectivity index (χ2v) is 8.88. The van der Waals surface area contributed by atoms with Gasteiger partial charge in [0, 0.05) is 23.6 Å². The molecule has 1 aliphatic rings. The maximum Gasteiger partial charge on any atom is 0.341 e. The minimum atomic E-state index is -0.441. The Morgan fingerprint density at radius 3 is 2.88 bits per heavy atom. The first-order chi connectivity index (χ1) is 15.5. The number of esters is 1. The van der Waals surface area contributed by atoms with Gasteiger partial charge in [-0.15, -0.1) is 11.3 Å². The van der Waals surface area contributed by atoms with Crippen LogP contribution in [-0.2, 0) is 24.1 Å². The van der Waals surface area contributed by atoms with Gasteiger partial charge >= 0.3 is 5.97 Å². The van der Waals surface area contributed by atoms with Crippen LogP contribution in [0.5, 0.6) is 0 Å². The largest absolute Gasteiger partial charge is 0.465 e. The Labute approximate surface area is 187 Å². The van der Waals surface area contributed by atoms with Gasteiger partial charge in [0.1, 0.15) is 16.5 Å². The van der Waals surface area contributed by atoms with Gasteiger partial charge in [-0.05, 0) is 48.9 Å². The molecule has 32 heavy (non-hydrogen) atoms. The van der Waals surface area contributed by atoms with Crippen molar-refractivity contribution in [2.45, 2.75) is 32.2 Å². The number of rotatable bonds is 5. The van der Waals surface area contributed by atoms with Crippen LogP contribution in [-0.4, -0.2) is 23.6 Å². The van der Waals surface area contributed by atoms with Crippen LogP contribution in [0.1, 0.15) is 49.7 Å². The van der Waals surface area contributed by atoms with Crippen LogP contribution < -0.4 is 5.32 Å². The average Bonchev–Trinajstić information content (AvgIpc) is 3.47. The SMILES string of the molecule is COC(=O)c1c(NC(=O)c2cc3occc3n2Cc2cccc(F)c2)sc2c1CCCC2. The Bertz CT molecular complexity index is 1330. The molecule has 0 saturated heterocycles. The summed E-state index contributed by atoms with van der Waals surface area (Å²) in [6.45, 7) is 0.300. The standard InChI is InChI=1S/C24H21FN2O4S/c1-30-24(29)21-16-7-2-3-8-20(16)32-23(21)26-22(28)18-12-19-17(9-10-31-19)27(18)13-14-5-4-6-15(25)11-14/h4-6,9-12H,2-3,7-8,13H2,1H3,(H,26,28). The van der Waals surface area contributed by atoms with E-state index in [4.69, 9.17) is 9.15 Å². The molecule has 0 unspecified atom stereocenters. The summed E-state index contributed by atoms with van der Waals surface area (Å²) < 4.78 is 26.0. The number of aromatic nitrogens is 1. The summed E-state index contributed by atoms with van der Waals surface area (Å²) in [6, 6.07) is 9.70. The van der Waals surface area contributed by atoms with Crippen LogP contribution in [0.3, 0.4) is 0 Å².